The number of pyridine rings is 1. The number of imide groups is 2. The number of carbonyl (C=O) groups excluding carboxylic acids is 5. The molecular formula is C35H28BrN3O5. The SMILES string of the molecule is C.CC[n+]1cc2cc(N3C(=O)c4ccc(C(=O)c5ccc6c(c5)C(=O)N(C)C6=O)cc4C3=O)ccc2c2ccc(C)cc21.[Br-]. The molecule has 9 heteroatoms. The Morgan fingerprint density at radius 2 is 1.27 bits per heavy atom. The van der Waals surface area contributed by atoms with Gasteiger partial charge in [-0.25, -0.2) is 4.90 Å². The molecule has 3 heterocycles. The summed E-state index contributed by atoms with van der Waals surface area (Å²) in [6, 6.07) is 20.6. The third-order valence-electron chi connectivity index (χ3n) is 8.18. The molecule has 220 valence electrons. The van der Waals surface area contributed by atoms with Crippen LogP contribution < -0.4 is 26.4 Å². The Hall–Kier alpha value is -5.02. The lowest BCUT2D eigenvalue weighted by Crippen LogP contribution is -3.00. The first-order valence-corrected chi connectivity index (χ1v) is 13.6. The maximum Gasteiger partial charge on any atom is 0.266 e. The second kappa shape index (κ2) is 10.9. The van der Waals surface area contributed by atoms with E-state index in [9.17, 15) is 24.0 Å². The molecular weight excluding hydrogens is 622 g/mol. The smallest absolute Gasteiger partial charge is 0.266 e. The van der Waals surface area contributed by atoms with E-state index in [1.807, 2.05) is 18.3 Å². The van der Waals surface area contributed by atoms with Crippen LogP contribution in [0.25, 0.3) is 21.7 Å². The van der Waals surface area contributed by atoms with Gasteiger partial charge >= 0.3 is 0 Å². The number of aryl methyl sites for hydroxylation is 2. The van der Waals surface area contributed by atoms with Crippen molar-refractivity contribution in [2.75, 3.05) is 11.9 Å². The van der Waals surface area contributed by atoms with Crippen molar-refractivity contribution in [1.82, 2.24) is 4.90 Å². The summed E-state index contributed by atoms with van der Waals surface area (Å²) in [5.41, 5.74) is 3.89. The average Bonchev–Trinajstić information content (AvgIpc) is 3.38. The number of hydrogen-bond acceptors (Lipinski definition) is 5. The molecule has 0 fully saturated rings. The third kappa shape index (κ3) is 4.34. The number of aromatic nitrogens is 1. The van der Waals surface area contributed by atoms with E-state index < -0.39 is 29.4 Å². The molecule has 0 unspecified atom stereocenters. The van der Waals surface area contributed by atoms with E-state index in [0.717, 1.165) is 43.6 Å². The lowest BCUT2D eigenvalue weighted by Gasteiger charge is -2.15. The summed E-state index contributed by atoms with van der Waals surface area (Å²) in [7, 11) is 1.39. The number of halogens is 1. The van der Waals surface area contributed by atoms with Crippen LogP contribution in [0.15, 0.2) is 79.0 Å². The van der Waals surface area contributed by atoms with Crippen molar-refractivity contribution >= 4 is 56.8 Å². The Morgan fingerprint density at radius 3 is 1.93 bits per heavy atom. The van der Waals surface area contributed by atoms with E-state index in [4.69, 9.17) is 0 Å². The number of fused-ring (bicyclic) bond motifs is 5. The minimum atomic E-state index is -0.514. The summed E-state index contributed by atoms with van der Waals surface area (Å²) in [6.07, 6.45) is 2.03. The molecule has 0 aliphatic carbocycles. The molecule has 7 rings (SSSR count). The highest BCUT2D eigenvalue weighted by Crippen LogP contribution is 2.33. The zero-order valence-corrected chi connectivity index (χ0v) is 25.1. The van der Waals surface area contributed by atoms with Gasteiger partial charge in [-0.1, -0.05) is 31.7 Å². The Bertz CT molecular complexity index is 2120. The fourth-order valence-electron chi connectivity index (χ4n) is 5.93. The van der Waals surface area contributed by atoms with Gasteiger partial charge in [-0.2, -0.15) is 4.57 Å². The van der Waals surface area contributed by atoms with E-state index in [1.54, 1.807) is 6.07 Å². The number of nitrogens with zero attached hydrogens (tertiary/aromatic N) is 3. The number of carbonyl (C=O) groups is 5. The highest BCUT2D eigenvalue weighted by Gasteiger charge is 2.38. The van der Waals surface area contributed by atoms with E-state index in [-0.39, 0.29) is 57.8 Å². The maximum absolute atomic E-state index is 13.6. The van der Waals surface area contributed by atoms with Crippen LogP contribution in [0.2, 0.25) is 0 Å². The van der Waals surface area contributed by atoms with Crippen LogP contribution >= 0.6 is 0 Å². The van der Waals surface area contributed by atoms with Gasteiger partial charge in [-0.3, -0.25) is 28.9 Å². The fourth-order valence-corrected chi connectivity index (χ4v) is 5.93. The maximum atomic E-state index is 13.6. The highest BCUT2D eigenvalue weighted by molar-refractivity contribution is 6.35. The molecule has 8 nitrogen and oxygen atoms in total. The van der Waals surface area contributed by atoms with Crippen molar-refractivity contribution in [3.05, 3.63) is 118 Å². The van der Waals surface area contributed by atoms with Crippen LogP contribution in [0.5, 0.6) is 0 Å². The first-order valence-electron chi connectivity index (χ1n) is 13.6. The Labute approximate surface area is 264 Å². The average molecular weight is 651 g/mol. The van der Waals surface area contributed by atoms with Gasteiger partial charge in [0.25, 0.3) is 23.6 Å². The second-order valence-electron chi connectivity index (χ2n) is 10.7. The van der Waals surface area contributed by atoms with E-state index in [1.165, 1.54) is 43.4 Å². The van der Waals surface area contributed by atoms with Crippen molar-refractivity contribution in [1.29, 1.82) is 0 Å². The summed E-state index contributed by atoms with van der Waals surface area (Å²) >= 11 is 0. The van der Waals surface area contributed by atoms with Crippen LogP contribution in [0, 0.1) is 6.92 Å². The fraction of sp³-hybridized carbons (Fsp3) is 0.143. The van der Waals surface area contributed by atoms with Gasteiger partial charge in [0.2, 0.25) is 5.52 Å². The number of amides is 4. The molecule has 0 radical (unpaired) electrons. The molecule has 44 heavy (non-hydrogen) atoms. The molecule has 2 aliphatic heterocycles. The monoisotopic (exact) mass is 649 g/mol. The first-order chi connectivity index (χ1) is 20.2. The zero-order chi connectivity index (χ0) is 29.4. The van der Waals surface area contributed by atoms with Gasteiger partial charge in [0.05, 0.1) is 33.3 Å². The van der Waals surface area contributed by atoms with Crippen LogP contribution in [-0.4, -0.2) is 41.4 Å². The normalized spacial score (nSPS) is 13.7. The zero-order valence-electron chi connectivity index (χ0n) is 23.5. The molecule has 0 N–H and O–H groups in total. The van der Waals surface area contributed by atoms with Gasteiger partial charge < -0.3 is 17.0 Å². The number of hydrogen-bond donors (Lipinski definition) is 0. The molecule has 0 atom stereocenters. The molecule has 4 amide bonds. The number of benzene rings is 4. The molecule has 0 saturated carbocycles. The Morgan fingerprint density at radius 1 is 0.705 bits per heavy atom. The lowest BCUT2D eigenvalue weighted by molar-refractivity contribution is -0.666. The minimum Gasteiger partial charge on any atom is -1.00 e. The van der Waals surface area contributed by atoms with Gasteiger partial charge in [-0.05, 0) is 61.9 Å². The van der Waals surface area contributed by atoms with Crippen molar-refractivity contribution in [3.63, 3.8) is 0 Å². The van der Waals surface area contributed by atoms with Crippen molar-refractivity contribution in [3.8, 4) is 0 Å². The third-order valence-corrected chi connectivity index (χ3v) is 8.18. The van der Waals surface area contributed by atoms with Crippen molar-refractivity contribution in [2.24, 2.45) is 0 Å². The number of rotatable bonds is 4. The summed E-state index contributed by atoms with van der Waals surface area (Å²) in [4.78, 5) is 67.2. The molecule has 5 aromatic rings. The van der Waals surface area contributed by atoms with Gasteiger partial charge in [0.15, 0.2) is 12.0 Å². The summed E-state index contributed by atoms with van der Waals surface area (Å²) in [5.74, 6) is -2.29. The summed E-state index contributed by atoms with van der Waals surface area (Å²) in [5, 5.41) is 3.00. The van der Waals surface area contributed by atoms with Crippen LogP contribution in [0.4, 0.5) is 5.69 Å². The summed E-state index contributed by atoms with van der Waals surface area (Å²) < 4.78 is 2.15. The highest BCUT2D eigenvalue weighted by atomic mass is 79.9. The van der Waals surface area contributed by atoms with Crippen LogP contribution in [-0.2, 0) is 6.54 Å². The molecule has 2 aliphatic rings. The first kappa shape index (κ1) is 30.4. The Balaban J connectivity index is 0.00000192. The van der Waals surface area contributed by atoms with E-state index in [0.29, 0.717) is 5.69 Å². The van der Waals surface area contributed by atoms with Crippen LogP contribution in [0.1, 0.15) is 77.3 Å². The predicted molar refractivity (Wildman–Crippen MR) is 163 cm³/mol. The van der Waals surface area contributed by atoms with E-state index >= 15 is 0 Å². The Kier molecular flexibility index (Phi) is 7.55. The van der Waals surface area contributed by atoms with Gasteiger partial charge in [-0.15, -0.1) is 0 Å². The molecule has 0 saturated heterocycles. The number of anilines is 1. The molecule has 4 aromatic carbocycles. The predicted octanol–water partition coefficient (Wildman–Crippen LogP) is 2.51. The lowest BCUT2D eigenvalue weighted by atomic mass is 9.96. The summed E-state index contributed by atoms with van der Waals surface area (Å²) in [6.45, 7) is 4.88. The van der Waals surface area contributed by atoms with Gasteiger partial charge in [0, 0.05) is 35.0 Å². The largest absolute Gasteiger partial charge is 1.00 e. The van der Waals surface area contributed by atoms with Crippen molar-refractivity contribution in [2.45, 2.75) is 27.8 Å². The second-order valence-corrected chi connectivity index (χ2v) is 10.7. The molecule has 0 spiro atoms. The molecule has 1 aromatic heterocycles. The number of ketones is 1. The topological polar surface area (TPSA) is 95.7 Å². The standard InChI is InChI=1S/C34H24N3O5.CH4.BrH/c1-4-36-17-21-14-22(8-12-23(21)24-9-5-18(2)13-29(24)36)37-33(41)26-11-7-20(16-28(26)34(37)42)30(38)19-6-10-25-27(15-19)32(40)35(3)31(25)39;;/h5-17H,4H2,1-3H3;1H4;1H/q+1;;/p-1. The van der Waals surface area contributed by atoms with Crippen molar-refractivity contribution < 1.29 is 45.5 Å². The van der Waals surface area contributed by atoms with Crippen LogP contribution in [0.3, 0.4) is 0 Å². The van der Waals surface area contributed by atoms with Gasteiger partial charge in [0.1, 0.15) is 6.54 Å². The quantitative estimate of drug-likeness (QED) is 0.129. The molecule has 0 bridgehead atoms. The van der Waals surface area contributed by atoms with E-state index in [2.05, 4.69) is 36.6 Å². The minimum absolute atomic E-state index is 0.